The van der Waals surface area contributed by atoms with Crippen molar-refractivity contribution in [2.45, 2.75) is 40.0 Å². The highest BCUT2D eigenvalue weighted by atomic mass is 31.2. The van der Waals surface area contributed by atoms with Crippen LogP contribution >= 0.6 is 8.38 Å². The molecule has 3 rings (SSSR count). The minimum atomic E-state index is -1.71. The molecule has 5 nitrogen and oxygen atoms in total. The minimum absolute atomic E-state index is 0.114. The summed E-state index contributed by atoms with van der Waals surface area (Å²) in [4.78, 5) is 10.2. The molecule has 6 heteroatoms. The first kappa shape index (κ1) is 25.0. The van der Waals surface area contributed by atoms with Gasteiger partial charge in [-0.3, -0.25) is 0 Å². The Morgan fingerprint density at radius 3 is 2.21 bits per heavy atom. The first-order valence-electron chi connectivity index (χ1n) is 11.0. The summed E-state index contributed by atoms with van der Waals surface area (Å²) in [6, 6.07) is 19.7. The number of ether oxygens (including phenoxy) is 3. The number of benzene rings is 3. The number of aryl methyl sites for hydroxylation is 2. The van der Waals surface area contributed by atoms with Crippen LogP contribution in [0.5, 0.6) is 17.2 Å². The molecule has 0 aliphatic rings. The lowest BCUT2D eigenvalue weighted by atomic mass is 9.93. The normalized spacial score (nSPS) is 12.0. The van der Waals surface area contributed by atoms with Crippen molar-refractivity contribution in [3.8, 4) is 17.2 Å². The number of methoxy groups -OCH3 is 1. The third-order valence-corrected chi connectivity index (χ3v) is 6.15. The molecule has 1 unspecified atom stereocenters. The molecule has 0 spiro atoms. The average molecular weight is 469 g/mol. The Balaban J connectivity index is 1.68. The van der Waals surface area contributed by atoms with Gasteiger partial charge in [0, 0.05) is 7.11 Å². The van der Waals surface area contributed by atoms with Crippen molar-refractivity contribution >= 4 is 8.38 Å². The van der Waals surface area contributed by atoms with E-state index in [9.17, 15) is 4.89 Å². The maximum absolute atomic E-state index is 10.2. The topological polar surface area (TPSA) is 57.2 Å². The molecule has 0 saturated heterocycles. The van der Waals surface area contributed by atoms with Gasteiger partial charge in [0.15, 0.2) is 13.1 Å². The van der Waals surface area contributed by atoms with E-state index in [0.29, 0.717) is 11.7 Å². The zero-order valence-electron chi connectivity index (χ0n) is 20.0. The Bertz CT molecular complexity index is 1010. The van der Waals surface area contributed by atoms with Crippen molar-refractivity contribution in [3.05, 3.63) is 88.5 Å². The molecule has 0 aliphatic carbocycles. The highest BCUT2D eigenvalue weighted by Crippen LogP contribution is 2.35. The van der Waals surface area contributed by atoms with Crippen LogP contribution in [-0.4, -0.2) is 25.1 Å². The van der Waals surface area contributed by atoms with E-state index in [4.69, 9.17) is 18.7 Å². The van der Waals surface area contributed by atoms with Gasteiger partial charge in [-0.15, -0.1) is 0 Å². The Morgan fingerprint density at radius 1 is 0.879 bits per heavy atom. The van der Waals surface area contributed by atoms with Crippen molar-refractivity contribution in [2.75, 3.05) is 20.3 Å². The molecule has 3 aromatic carbocycles. The van der Waals surface area contributed by atoms with E-state index in [1.807, 2.05) is 48.5 Å². The van der Waals surface area contributed by atoms with Crippen LogP contribution in [0, 0.1) is 13.8 Å². The lowest BCUT2D eigenvalue weighted by molar-refractivity contribution is 0.0502. The van der Waals surface area contributed by atoms with E-state index < -0.39 is 8.38 Å². The molecule has 0 aromatic heterocycles. The molecule has 176 valence electrons. The van der Waals surface area contributed by atoms with Gasteiger partial charge in [0.2, 0.25) is 0 Å². The second-order valence-electron chi connectivity index (χ2n) is 8.32. The van der Waals surface area contributed by atoms with Crippen LogP contribution < -0.4 is 14.0 Å². The van der Waals surface area contributed by atoms with Gasteiger partial charge in [0.1, 0.15) is 17.2 Å². The lowest BCUT2D eigenvalue weighted by Gasteiger charge is -2.18. The molecular weight excluding hydrogens is 435 g/mol. The molecule has 0 heterocycles. The van der Waals surface area contributed by atoms with Crippen molar-refractivity contribution < 1.29 is 23.6 Å². The second-order valence-corrected chi connectivity index (χ2v) is 9.47. The van der Waals surface area contributed by atoms with Crippen molar-refractivity contribution in [3.63, 3.8) is 0 Å². The van der Waals surface area contributed by atoms with Gasteiger partial charge in [0.25, 0.3) is 8.38 Å². The van der Waals surface area contributed by atoms with Gasteiger partial charge < -0.3 is 23.6 Å². The molecule has 0 radical (unpaired) electrons. The molecule has 1 N–H and O–H groups in total. The second kappa shape index (κ2) is 12.0. The molecule has 0 aliphatic heterocycles. The van der Waals surface area contributed by atoms with Crippen LogP contribution in [0.25, 0.3) is 0 Å². The van der Waals surface area contributed by atoms with Gasteiger partial charge >= 0.3 is 0 Å². The van der Waals surface area contributed by atoms with Gasteiger partial charge in [0.05, 0.1) is 0 Å². The van der Waals surface area contributed by atoms with E-state index >= 15 is 0 Å². The summed E-state index contributed by atoms with van der Waals surface area (Å²) in [5.41, 5.74) is 5.99. The summed E-state index contributed by atoms with van der Waals surface area (Å²) in [7, 11) is -0.0827. The average Bonchev–Trinajstić information content (AvgIpc) is 2.79. The van der Waals surface area contributed by atoms with Crippen LogP contribution in [0.4, 0.5) is 0 Å². The van der Waals surface area contributed by atoms with Gasteiger partial charge in [-0.2, -0.15) is 0 Å². The van der Waals surface area contributed by atoms with Crippen LogP contribution in [0.15, 0.2) is 60.7 Å². The monoisotopic (exact) mass is 468 g/mol. The van der Waals surface area contributed by atoms with E-state index in [0.717, 1.165) is 29.0 Å². The van der Waals surface area contributed by atoms with Crippen molar-refractivity contribution in [1.29, 1.82) is 0 Å². The highest BCUT2D eigenvalue weighted by molar-refractivity contribution is 7.46. The van der Waals surface area contributed by atoms with E-state index in [1.54, 1.807) is 7.11 Å². The highest BCUT2D eigenvalue weighted by Gasteiger charge is 2.14. The number of hydrogen-bond donors (Lipinski definition) is 1. The summed E-state index contributed by atoms with van der Waals surface area (Å²) in [5.74, 6) is 2.59. The molecule has 0 fully saturated rings. The van der Waals surface area contributed by atoms with E-state index in [2.05, 4.69) is 39.8 Å². The predicted molar refractivity (Wildman–Crippen MR) is 133 cm³/mol. The first-order chi connectivity index (χ1) is 15.9. The third-order valence-electron chi connectivity index (χ3n) is 5.37. The molecule has 1 atom stereocenters. The van der Waals surface area contributed by atoms with E-state index in [1.165, 1.54) is 16.7 Å². The number of hydrogen-bond acceptors (Lipinski definition) is 5. The molecule has 0 saturated carbocycles. The summed E-state index contributed by atoms with van der Waals surface area (Å²) in [6.07, 6.45) is 0.940. The molecule has 3 aromatic rings. The Hall–Kier alpha value is -2.59. The predicted octanol–water partition coefficient (Wildman–Crippen LogP) is 6.72. The van der Waals surface area contributed by atoms with Gasteiger partial charge in [-0.1, -0.05) is 44.2 Å². The summed E-state index contributed by atoms with van der Waals surface area (Å²) in [6.45, 7) is 8.76. The summed E-state index contributed by atoms with van der Waals surface area (Å²) < 4.78 is 22.2. The van der Waals surface area contributed by atoms with Gasteiger partial charge in [-0.05, 0) is 84.3 Å². The maximum atomic E-state index is 10.2. The Morgan fingerprint density at radius 2 is 1.58 bits per heavy atom. The fourth-order valence-corrected chi connectivity index (χ4v) is 4.37. The van der Waals surface area contributed by atoms with Crippen LogP contribution in [0.1, 0.15) is 47.6 Å². The zero-order valence-corrected chi connectivity index (χ0v) is 20.9. The van der Waals surface area contributed by atoms with Crippen LogP contribution in [-0.2, 0) is 11.2 Å². The van der Waals surface area contributed by atoms with Crippen LogP contribution in [0.3, 0.4) is 0 Å². The quantitative estimate of drug-likeness (QED) is 0.250. The lowest BCUT2D eigenvalue weighted by Crippen LogP contribution is -2.04. The molecule has 0 bridgehead atoms. The standard InChI is InChI=1S/C27H33O5P/c1-19(2)25-15-22(11-12-27(25)30-17-29-5)16-26-20(3)13-24(14-21(26)4)31-18-33(28)32-23-9-7-6-8-10-23/h6-15,19,28H,16-18H2,1-5H3. The first-order valence-corrected chi connectivity index (χ1v) is 12.4. The SMILES string of the molecule is COCOc1ccc(Cc2c(C)cc(OCP(O)Oc3ccccc3)cc2C)cc1C(C)C. The van der Waals surface area contributed by atoms with Gasteiger partial charge in [-0.25, -0.2) is 0 Å². The molecule has 0 amide bonds. The summed E-state index contributed by atoms with van der Waals surface area (Å²) >= 11 is 0. The fraction of sp³-hybridized carbons (Fsp3) is 0.333. The largest absolute Gasteiger partial charge is 0.483 e. The smallest absolute Gasteiger partial charge is 0.267 e. The third kappa shape index (κ3) is 7.20. The van der Waals surface area contributed by atoms with E-state index in [-0.39, 0.29) is 13.1 Å². The number of rotatable bonds is 11. The fourth-order valence-electron chi connectivity index (χ4n) is 3.69. The number of para-hydroxylation sites is 1. The Kier molecular flexibility index (Phi) is 9.13. The Labute approximate surface area is 198 Å². The minimum Gasteiger partial charge on any atom is -0.483 e. The zero-order chi connectivity index (χ0) is 23.8. The molecule has 33 heavy (non-hydrogen) atoms. The summed E-state index contributed by atoms with van der Waals surface area (Å²) in [5, 5.41) is 0. The van der Waals surface area contributed by atoms with Crippen molar-refractivity contribution in [2.24, 2.45) is 0 Å². The molecular formula is C27H33O5P. The maximum Gasteiger partial charge on any atom is 0.267 e. The van der Waals surface area contributed by atoms with Crippen molar-refractivity contribution in [1.82, 2.24) is 0 Å². The van der Waals surface area contributed by atoms with Crippen LogP contribution in [0.2, 0.25) is 0 Å².